The first-order chi connectivity index (χ1) is 7.86. The molecule has 86 valence electrons. The van der Waals surface area contributed by atoms with E-state index in [2.05, 4.69) is 10.6 Å². The van der Waals surface area contributed by atoms with Crippen molar-refractivity contribution in [3.05, 3.63) is 35.9 Å². The second kappa shape index (κ2) is 5.92. The molecule has 1 saturated heterocycles. The Hall–Kier alpha value is -1.00. The summed E-state index contributed by atoms with van der Waals surface area (Å²) in [5.41, 5.74) is 0.733. The summed E-state index contributed by atoms with van der Waals surface area (Å²) in [6, 6.07) is 9.35. The van der Waals surface area contributed by atoms with Crippen LogP contribution < -0.4 is 10.6 Å². The molecule has 4 heteroatoms. The van der Waals surface area contributed by atoms with E-state index in [1.807, 2.05) is 42.1 Å². The average Bonchev–Trinajstić information content (AvgIpc) is 2.38. The maximum atomic E-state index is 11.7. The van der Waals surface area contributed by atoms with Crippen molar-refractivity contribution in [3.63, 3.8) is 0 Å². The van der Waals surface area contributed by atoms with Crippen LogP contribution in [0.5, 0.6) is 0 Å². The highest BCUT2D eigenvalue weighted by molar-refractivity contribution is 8.00. The summed E-state index contributed by atoms with van der Waals surface area (Å²) in [6.07, 6.45) is 0. The van der Waals surface area contributed by atoms with E-state index in [-0.39, 0.29) is 5.91 Å². The lowest BCUT2D eigenvalue weighted by Gasteiger charge is -2.22. The minimum absolute atomic E-state index is 0.0202. The molecule has 1 aliphatic heterocycles. The molecule has 0 bridgehead atoms. The van der Waals surface area contributed by atoms with Crippen LogP contribution in [0.2, 0.25) is 0 Å². The number of benzene rings is 1. The van der Waals surface area contributed by atoms with Crippen molar-refractivity contribution in [2.24, 2.45) is 0 Å². The number of hydrogen-bond acceptors (Lipinski definition) is 3. The maximum Gasteiger partial charge on any atom is 0.251 e. The van der Waals surface area contributed by atoms with Crippen LogP contribution in [0, 0.1) is 0 Å². The Balaban J connectivity index is 1.79. The molecule has 0 aliphatic carbocycles. The van der Waals surface area contributed by atoms with Gasteiger partial charge in [-0.25, -0.2) is 0 Å². The summed E-state index contributed by atoms with van der Waals surface area (Å²) in [5.74, 6) is 1.15. The third-order valence-electron chi connectivity index (χ3n) is 2.53. The van der Waals surface area contributed by atoms with E-state index in [9.17, 15) is 4.79 Å². The summed E-state index contributed by atoms with van der Waals surface area (Å²) in [6.45, 7) is 2.80. The van der Waals surface area contributed by atoms with E-state index in [4.69, 9.17) is 0 Å². The molecule has 0 spiro atoms. The van der Waals surface area contributed by atoms with Gasteiger partial charge < -0.3 is 10.6 Å². The molecule has 1 fully saturated rings. The molecular weight excluding hydrogens is 220 g/mol. The van der Waals surface area contributed by atoms with Crippen molar-refractivity contribution in [2.75, 3.05) is 25.4 Å². The molecular formula is C12H16N2OS. The SMILES string of the molecule is O=C(NCC1CNCCS1)c1ccccc1. The van der Waals surface area contributed by atoms with Gasteiger partial charge in [0.15, 0.2) is 0 Å². The highest BCUT2D eigenvalue weighted by Crippen LogP contribution is 2.12. The van der Waals surface area contributed by atoms with E-state index in [1.54, 1.807) is 0 Å². The summed E-state index contributed by atoms with van der Waals surface area (Å²) >= 11 is 1.92. The van der Waals surface area contributed by atoms with Crippen LogP contribution in [-0.4, -0.2) is 36.5 Å². The van der Waals surface area contributed by atoms with Crippen molar-refractivity contribution in [3.8, 4) is 0 Å². The zero-order chi connectivity index (χ0) is 11.2. The summed E-state index contributed by atoms with van der Waals surface area (Å²) in [4.78, 5) is 11.7. The Kier molecular flexibility index (Phi) is 4.25. The molecule has 1 heterocycles. The van der Waals surface area contributed by atoms with Gasteiger partial charge in [0, 0.05) is 36.2 Å². The first-order valence-electron chi connectivity index (χ1n) is 5.52. The Labute approximate surface area is 100.0 Å². The van der Waals surface area contributed by atoms with Crippen LogP contribution >= 0.6 is 11.8 Å². The highest BCUT2D eigenvalue weighted by Gasteiger charge is 2.14. The summed E-state index contributed by atoms with van der Waals surface area (Å²) in [7, 11) is 0. The van der Waals surface area contributed by atoms with Gasteiger partial charge in [-0.1, -0.05) is 18.2 Å². The molecule has 16 heavy (non-hydrogen) atoms. The van der Waals surface area contributed by atoms with Crippen LogP contribution in [-0.2, 0) is 0 Å². The lowest BCUT2D eigenvalue weighted by atomic mass is 10.2. The Morgan fingerprint density at radius 3 is 2.94 bits per heavy atom. The molecule has 1 amide bonds. The molecule has 1 unspecified atom stereocenters. The van der Waals surface area contributed by atoms with E-state index in [1.165, 1.54) is 0 Å². The van der Waals surface area contributed by atoms with Gasteiger partial charge in [-0.3, -0.25) is 4.79 Å². The molecule has 1 aliphatic rings. The first-order valence-corrected chi connectivity index (χ1v) is 6.57. The number of nitrogens with one attached hydrogen (secondary N) is 2. The van der Waals surface area contributed by atoms with Gasteiger partial charge in [0.2, 0.25) is 0 Å². The lowest BCUT2D eigenvalue weighted by Crippen LogP contribution is -2.40. The quantitative estimate of drug-likeness (QED) is 0.826. The lowest BCUT2D eigenvalue weighted by molar-refractivity contribution is 0.0953. The topological polar surface area (TPSA) is 41.1 Å². The Morgan fingerprint density at radius 1 is 1.44 bits per heavy atom. The fourth-order valence-electron chi connectivity index (χ4n) is 1.65. The van der Waals surface area contributed by atoms with Gasteiger partial charge in [0.25, 0.3) is 5.91 Å². The molecule has 0 radical (unpaired) electrons. The normalized spacial score (nSPS) is 20.4. The molecule has 0 saturated carbocycles. The largest absolute Gasteiger partial charge is 0.351 e. The summed E-state index contributed by atoms with van der Waals surface area (Å²) < 4.78 is 0. The molecule has 1 aromatic rings. The van der Waals surface area contributed by atoms with Gasteiger partial charge in [0.1, 0.15) is 0 Å². The van der Waals surface area contributed by atoms with Crippen molar-refractivity contribution in [2.45, 2.75) is 5.25 Å². The third-order valence-corrected chi connectivity index (χ3v) is 3.78. The molecule has 2 rings (SSSR count). The predicted molar refractivity (Wildman–Crippen MR) is 67.9 cm³/mol. The Morgan fingerprint density at radius 2 is 2.25 bits per heavy atom. The van der Waals surface area contributed by atoms with E-state index in [0.29, 0.717) is 5.25 Å². The molecule has 1 aromatic carbocycles. The average molecular weight is 236 g/mol. The number of thioether (sulfide) groups is 1. The fourth-order valence-corrected chi connectivity index (χ4v) is 2.68. The molecule has 0 aromatic heterocycles. The van der Waals surface area contributed by atoms with Gasteiger partial charge in [0.05, 0.1) is 0 Å². The van der Waals surface area contributed by atoms with Gasteiger partial charge >= 0.3 is 0 Å². The molecule has 2 N–H and O–H groups in total. The van der Waals surface area contributed by atoms with Crippen LogP contribution in [0.25, 0.3) is 0 Å². The zero-order valence-electron chi connectivity index (χ0n) is 9.11. The van der Waals surface area contributed by atoms with Gasteiger partial charge in [-0.15, -0.1) is 0 Å². The van der Waals surface area contributed by atoms with Crippen molar-refractivity contribution >= 4 is 17.7 Å². The van der Waals surface area contributed by atoms with Gasteiger partial charge in [-0.05, 0) is 12.1 Å². The van der Waals surface area contributed by atoms with E-state index >= 15 is 0 Å². The van der Waals surface area contributed by atoms with Crippen molar-refractivity contribution in [1.82, 2.24) is 10.6 Å². The first kappa shape index (κ1) is 11.5. The highest BCUT2D eigenvalue weighted by atomic mass is 32.2. The third kappa shape index (κ3) is 3.25. The Bertz CT molecular complexity index is 336. The number of amides is 1. The van der Waals surface area contributed by atoms with Crippen LogP contribution in [0.15, 0.2) is 30.3 Å². The predicted octanol–water partition coefficient (Wildman–Crippen LogP) is 1.12. The van der Waals surface area contributed by atoms with Crippen molar-refractivity contribution in [1.29, 1.82) is 0 Å². The van der Waals surface area contributed by atoms with Gasteiger partial charge in [-0.2, -0.15) is 11.8 Å². The second-order valence-electron chi connectivity index (χ2n) is 3.77. The molecule has 1 atom stereocenters. The monoisotopic (exact) mass is 236 g/mol. The molecule has 3 nitrogen and oxygen atoms in total. The zero-order valence-corrected chi connectivity index (χ0v) is 9.93. The fraction of sp³-hybridized carbons (Fsp3) is 0.417. The van der Waals surface area contributed by atoms with E-state index in [0.717, 1.165) is 31.0 Å². The maximum absolute atomic E-state index is 11.7. The van der Waals surface area contributed by atoms with Crippen LogP contribution in [0.3, 0.4) is 0 Å². The van der Waals surface area contributed by atoms with E-state index < -0.39 is 0 Å². The van der Waals surface area contributed by atoms with Crippen LogP contribution in [0.4, 0.5) is 0 Å². The number of carbonyl (C=O) groups is 1. The number of hydrogen-bond donors (Lipinski definition) is 2. The summed E-state index contributed by atoms with van der Waals surface area (Å²) in [5, 5.41) is 6.80. The minimum atomic E-state index is 0.0202. The number of rotatable bonds is 3. The smallest absolute Gasteiger partial charge is 0.251 e. The van der Waals surface area contributed by atoms with Crippen molar-refractivity contribution < 1.29 is 4.79 Å². The minimum Gasteiger partial charge on any atom is -0.351 e. The second-order valence-corrected chi connectivity index (χ2v) is 5.18. The van der Waals surface area contributed by atoms with Crippen LogP contribution in [0.1, 0.15) is 10.4 Å². The number of carbonyl (C=O) groups excluding carboxylic acids is 1. The standard InChI is InChI=1S/C12H16N2OS/c15-12(10-4-2-1-3-5-10)14-9-11-8-13-6-7-16-11/h1-5,11,13H,6-9H2,(H,14,15).